The number of carbonyl (C=O) groups is 1. The first-order valence-electron chi connectivity index (χ1n) is 6.56. The topological polar surface area (TPSA) is 47.6 Å². The lowest BCUT2D eigenvalue weighted by molar-refractivity contribution is -0.119. The van der Waals surface area contributed by atoms with Crippen LogP contribution in [0.2, 0.25) is 0 Å². The molecule has 1 amide bonds. The zero-order valence-electron chi connectivity index (χ0n) is 12.4. The van der Waals surface area contributed by atoms with Crippen LogP contribution in [0, 0.1) is 12.8 Å². The third-order valence-electron chi connectivity index (χ3n) is 3.16. The minimum atomic E-state index is 0.0116. The van der Waals surface area contributed by atoms with Crippen molar-refractivity contribution in [2.45, 2.75) is 33.6 Å². The molecule has 0 bridgehead atoms. The lowest BCUT2D eigenvalue weighted by Gasteiger charge is -2.15. The number of methoxy groups -OCH3 is 2. The molecule has 0 radical (unpaired) electrons. The van der Waals surface area contributed by atoms with Crippen LogP contribution < -0.4 is 14.8 Å². The van der Waals surface area contributed by atoms with E-state index in [0.29, 0.717) is 11.5 Å². The smallest absolute Gasteiger partial charge is 0.227 e. The molecule has 4 heteroatoms. The van der Waals surface area contributed by atoms with Gasteiger partial charge in [-0.05, 0) is 25.0 Å². The van der Waals surface area contributed by atoms with Gasteiger partial charge in [-0.25, -0.2) is 0 Å². The number of benzene rings is 1. The summed E-state index contributed by atoms with van der Waals surface area (Å²) in [5.41, 5.74) is 1.72. The summed E-state index contributed by atoms with van der Waals surface area (Å²) in [6.07, 6.45) is 1.89. The van der Waals surface area contributed by atoms with E-state index in [1.165, 1.54) is 0 Å². The molecule has 1 rings (SSSR count). The second kappa shape index (κ2) is 7.02. The monoisotopic (exact) mass is 265 g/mol. The van der Waals surface area contributed by atoms with Gasteiger partial charge in [0, 0.05) is 17.7 Å². The quantitative estimate of drug-likeness (QED) is 0.857. The molecule has 1 aromatic carbocycles. The van der Waals surface area contributed by atoms with E-state index in [1.54, 1.807) is 20.3 Å². The zero-order valence-corrected chi connectivity index (χ0v) is 12.4. The molecule has 0 unspecified atom stereocenters. The average Bonchev–Trinajstić information content (AvgIpc) is 2.40. The number of ether oxygens (including phenoxy) is 2. The van der Waals surface area contributed by atoms with E-state index >= 15 is 0 Å². The normalized spacial score (nSPS) is 11.8. The van der Waals surface area contributed by atoms with Gasteiger partial charge in [-0.2, -0.15) is 0 Å². The minimum absolute atomic E-state index is 0.0116. The van der Waals surface area contributed by atoms with Crippen LogP contribution in [0.4, 0.5) is 5.69 Å². The van der Waals surface area contributed by atoms with Crippen molar-refractivity contribution in [2.24, 2.45) is 5.92 Å². The maximum absolute atomic E-state index is 12.0. The van der Waals surface area contributed by atoms with Gasteiger partial charge in [-0.15, -0.1) is 0 Å². The Bertz CT molecular complexity index is 443. The molecule has 1 atom stereocenters. The summed E-state index contributed by atoms with van der Waals surface area (Å²) in [6.45, 7) is 5.95. The molecular weight excluding hydrogens is 242 g/mol. The molecule has 0 saturated heterocycles. The minimum Gasteiger partial charge on any atom is -0.493 e. The number of rotatable bonds is 6. The second-order valence-corrected chi connectivity index (χ2v) is 4.70. The van der Waals surface area contributed by atoms with E-state index in [4.69, 9.17) is 9.47 Å². The van der Waals surface area contributed by atoms with Crippen molar-refractivity contribution in [2.75, 3.05) is 19.5 Å². The number of carbonyl (C=O) groups excluding carboxylic acids is 1. The number of nitrogens with one attached hydrogen (secondary N) is 1. The molecule has 0 spiro atoms. The number of anilines is 1. The lowest BCUT2D eigenvalue weighted by Crippen LogP contribution is -2.20. The van der Waals surface area contributed by atoms with Crippen LogP contribution in [0.5, 0.6) is 11.5 Å². The van der Waals surface area contributed by atoms with Gasteiger partial charge in [0.1, 0.15) is 0 Å². The highest BCUT2D eigenvalue weighted by molar-refractivity contribution is 5.93. The zero-order chi connectivity index (χ0) is 14.4. The molecule has 0 aliphatic rings. The van der Waals surface area contributed by atoms with E-state index in [9.17, 15) is 4.79 Å². The summed E-state index contributed by atoms with van der Waals surface area (Å²) in [7, 11) is 3.18. The van der Waals surface area contributed by atoms with Gasteiger partial charge < -0.3 is 14.8 Å². The first-order chi connectivity index (χ1) is 9.03. The van der Waals surface area contributed by atoms with Crippen molar-refractivity contribution in [3.63, 3.8) is 0 Å². The van der Waals surface area contributed by atoms with Crippen LogP contribution in [-0.4, -0.2) is 20.1 Å². The highest BCUT2D eigenvalue weighted by atomic mass is 16.5. The van der Waals surface area contributed by atoms with Crippen molar-refractivity contribution in [3.8, 4) is 11.5 Å². The number of hydrogen-bond donors (Lipinski definition) is 1. The van der Waals surface area contributed by atoms with E-state index < -0.39 is 0 Å². The predicted molar refractivity (Wildman–Crippen MR) is 77.0 cm³/mol. The van der Waals surface area contributed by atoms with Gasteiger partial charge in [0.2, 0.25) is 5.91 Å². The van der Waals surface area contributed by atoms with Crippen LogP contribution in [0.15, 0.2) is 12.1 Å². The molecule has 4 nitrogen and oxygen atoms in total. The third kappa shape index (κ3) is 3.88. The fraction of sp³-hybridized carbons (Fsp3) is 0.533. The highest BCUT2D eigenvalue weighted by Gasteiger charge is 2.15. The Kier molecular flexibility index (Phi) is 5.67. The maximum Gasteiger partial charge on any atom is 0.227 e. The van der Waals surface area contributed by atoms with Crippen molar-refractivity contribution in [3.05, 3.63) is 17.7 Å². The largest absolute Gasteiger partial charge is 0.493 e. The summed E-state index contributed by atoms with van der Waals surface area (Å²) in [6, 6.07) is 3.66. The predicted octanol–water partition coefficient (Wildman–Crippen LogP) is 3.39. The van der Waals surface area contributed by atoms with E-state index in [0.717, 1.165) is 24.1 Å². The molecule has 0 aromatic heterocycles. The highest BCUT2D eigenvalue weighted by Crippen LogP contribution is 2.33. The van der Waals surface area contributed by atoms with E-state index in [-0.39, 0.29) is 11.8 Å². The third-order valence-corrected chi connectivity index (χ3v) is 3.16. The van der Waals surface area contributed by atoms with Gasteiger partial charge in [-0.1, -0.05) is 20.3 Å². The Morgan fingerprint density at radius 2 is 1.84 bits per heavy atom. The Labute approximate surface area is 115 Å². The average molecular weight is 265 g/mol. The summed E-state index contributed by atoms with van der Waals surface area (Å²) in [5, 5.41) is 2.95. The molecule has 0 heterocycles. The molecule has 0 saturated carbocycles. The fourth-order valence-electron chi connectivity index (χ4n) is 1.94. The standard InChI is InChI=1S/C15H23NO3/c1-6-7-10(2)15(17)16-12-9-14(19-5)13(18-4)8-11(12)3/h8-10H,6-7H2,1-5H3,(H,16,17)/t10-/m0/s1. The van der Waals surface area contributed by atoms with Crippen LogP contribution in [0.25, 0.3) is 0 Å². The van der Waals surface area contributed by atoms with Crippen LogP contribution in [0.3, 0.4) is 0 Å². The van der Waals surface area contributed by atoms with Crippen LogP contribution in [0.1, 0.15) is 32.3 Å². The second-order valence-electron chi connectivity index (χ2n) is 4.70. The van der Waals surface area contributed by atoms with Crippen LogP contribution in [-0.2, 0) is 4.79 Å². The fourth-order valence-corrected chi connectivity index (χ4v) is 1.94. The number of aryl methyl sites for hydroxylation is 1. The van der Waals surface area contributed by atoms with Gasteiger partial charge in [0.05, 0.1) is 14.2 Å². The molecule has 0 fully saturated rings. The van der Waals surface area contributed by atoms with E-state index in [2.05, 4.69) is 12.2 Å². The summed E-state index contributed by atoms with van der Waals surface area (Å²) < 4.78 is 10.5. The molecule has 19 heavy (non-hydrogen) atoms. The summed E-state index contributed by atoms with van der Waals surface area (Å²) in [4.78, 5) is 12.0. The number of amides is 1. The first-order valence-corrected chi connectivity index (χ1v) is 6.56. The van der Waals surface area contributed by atoms with Gasteiger partial charge in [0.15, 0.2) is 11.5 Å². The van der Waals surface area contributed by atoms with Gasteiger partial charge in [0.25, 0.3) is 0 Å². The van der Waals surface area contributed by atoms with Crippen molar-refractivity contribution in [1.82, 2.24) is 0 Å². The Hall–Kier alpha value is -1.71. The summed E-state index contributed by atoms with van der Waals surface area (Å²) in [5.74, 6) is 1.33. The first kappa shape index (κ1) is 15.3. The van der Waals surface area contributed by atoms with Gasteiger partial charge in [-0.3, -0.25) is 4.79 Å². The Morgan fingerprint density at radius 3 is 2.37 bits per heavy atom. The van der Waals surface area contributed by atoms with Crippen molar-refractivity contribution >= 4 is 11.6 Å². The maximum atomic E-state index is 12.0. The summed E-state index contributed by atoms with van der Waals surface area (Å²) >= 11 is 0. The molecule has 0 aliphatic heterocycles. The molecular formula is C15H23NO3. The van der Waals surface area contributed by atoms with Crippen LogP contribution >= 0.6 is 0 Å². The molecule has 0 aliphatic carbocycles. The number of hydrogen-bond acceptors (Lipinski definition) is 3. The van der Waals surface area contributed by atoms with Crippen molar-refractivity contribution < 1.29 is 14.3 Å². The van der Waals surface area contributed by atoms with E-state index in [1.807, 2.05) is 19.9 Å². The Balaban J connectivity index is 2.92. The lowest BCUT2D eigenvalue weighted by atomic mass is 10.0. The molecule has 1 N–H and O–H groups in total. The Morgan fingerprint density at radius 1 is 1.26 bits per heavy atom. The van der Waals surface area contributed by atoms with Gasteiger partial charge >= 0.3 is 0 Å². The van der Waals surface area contributed by atoms with Crippen molar-refractivity contribution in [1.29, 1.82) is 0 Å². The SMILES string of the molecule is CCC[C@H](C)C(=O)Nc1cc(OC)c(OC)cc1C. The molecule has 1 aromatic rings. The molecule has 106 valence electrons.